The molecular formula is C30H32Cl2N2O3. The quantitative estimate of drug-likeness (QED) is 0.322. The molecule has 0 aromatic heterocycles. The van der Waals surface area contributed by atoms with Crippen LogP contribution in [-0.4, -0.2) is 35.4 Å². The largest absolute Gasteiger partial charge is 0.484 e. The Morgan fingerprint density at radius 3 is 2.27 bits per heavy atom. The van der Waals surface area contributed by atoms with Crippen LogP contribution in [0.3, 0.4) is 0 Å². The second-order valence-corrected chi connectivity index (χ2v) is 10.3. The van der Waals surface area contributed by atoms with Crippen LogP contribution in [0, 0.1) is 0 Å². The van der Waals surface area contributed by atoms with Gasteiger partial charge in [0.2, 0.25) is 5.91 Å². The van der Waals surface area contributed by atoms with Crippen LogP contribution in [0.4, 0.5) is 0 Å². The van der Waals surface area contributed by atoms with E-state index in [1.165, 1.54) is 6.42 Å². The number of nitrogens with zero attached hydrogens (tertiary/aromatic N) is 1. The second-order valence-electron chi connectivity index (χ2n) is 9.41. The van der Waals surface area contributed by atoms with Crippen molar-refractivity contribution in [3.63, 3.8) is 0 Å². The van der Waals surface area contributed by atoms with Crippen molar-refractivity contribution in [2.75, 3.05) is 6.61 Å². The summed E-state index contributed by atoms with van der Waals surface area (Å²) >= 11 is 12.6. The van der Waals surface area contributed by atoms with E-state index in [1.54, 1.807) is 35.2 Å². The molecule has 0 spiro atoms. The number of para-hydroxylation sites is 1. The van der Waals surface area contributed by atoms with E-state index in [1.807, 2.05) is 48.5 Å². The van der Waals surface area contributed by atoms with Gasteiger partial charge in [0, 0.05) is 29.1 Å². The van der Waals surface area contributed by atoms with Gasteiger partial charge in [0.1, 0.15) is 11.8 Å². The first-order valence-electron chi connectivity index (χ1n) is 12.7. The molecule has 194 valence electrons. The maximum absolute atomic E-state index is 13.8. The summed E-state index contributed by atoms with van der Waals surface area (Å²) in [7, 11) is 0. The van der Waals surface area contributed by atoms with Crippen molar-refractivity contribution < 1.29 is 14.3 Å². The molecule has 0 saturated heterocycles. The van der Waals surface area contributed by atoms with Gasteiger partial charge in [0.25, 0.3) is 5.91 Å². The molecule has 37 heavy (non-hydrogen) atoms. The second kappa shape index (κ2) is 13.5. The van der Waals surface area contributed by atoms with Crippen molar-refractivity contribution in [2.24, 2.45) is 0 Å². The average Bonchev–Trinajstić information content (AvgIpc) is 2.92. The number of rotatable bonds is 10. The van der Waals surface area contributed by atoms with Gasteiger partial charge in [-0.3, -0.25) is 9.59 Å². The molecule has 1 N–H and O–H groups in total. The van der Waals surface area contributed by atoms with Crippen LogP contribution in [0.2, 0.25) is 10.0 Å². The molecule has 7 heteroatoms. The van der Waals surface area contributed by atoms with Crippen LogP contribution in [0.1, 0.15) is 43.2 Å². The fourth-order valence-electron chi connectivity index (χ4n) is 4.68. The minimum Gasteiger partial charge on any atom is -0.484 e. The van der Waals surface area contributed by atoms with Gasteiger partial charge in [-0.1, -0.05) is 97.1 Å². The Morgan fingerprint density at radius 1 is 0.919 bits per heavy atom. The molecular weight excluding hydrogens is 507 g/mol. The van der Waals surface area contributed by atoms with Crippen molar-refractivity contribution >= 4 is 35.0 Å². The Hall–Kier alpha value is -3.02. The summed E-state index contributed by atoms with van der Waals surface area (Å²) in [6, 6.07) is 23.5. The number of benzene rings is 3. The Bertz CT molecular complexity index is 1170. The fraction of sp³-hybridized carbons (Fsp3) is 0.333. The number of carbonyl (C=O) groups excluding carboxylic acids is 2. The van der Waals surface area contributed by atoms with Crippen molar-refractivity contribution in [3.8, 4) is 5.75 Å². The highest BCUT2D eigenvalue weighted by atomic mass is 35.5. The van der Waals surface area contributed by atoms with Crippen LogP contribution in [0.15, 0.2) is 78.9 Å². The maximum atomic E-state index is 13.8. The van der Waals surface area contributed by atoms with Crippen LogP contribution in [-0.2, 0) is 22.6 Å². The summed E-state index contributed by atoms with van der Waals surface area (Å²) in [5.74, 6) is 0.134. The van der Waals surface area contributed by atoms with Gasteiger partial charge >= 0.3 is 0 Å². The third-order valence-corrected chi connectivity index (χ3v) is 7.27. The SMILES string of the molecule is O=C(NC1CCCCC1)C(Cc1ccccc1)N(Cc1ccc(Cl)cc1Cl)C(=O)COc1ccccc1. The van der Waals surface area contributed by atoms with E-state index >= 15 is 0 Å². The van der Waals surface area contributed by atoms with Gasteiger partial charge in [0.15, 0.2) is 6.61 Å². The number of amides is 2. The number of carbonyl (C=O) groups is 2. The fourth-order valence-corrected chi connectivity index (χ4v) is 5.14. The molecule has 1 aliphatic carbocycles. The number of nitrogens with one attached hydrogen (secondary N) is 1. The van der Waals surface area contributed by atoms with Gasteiger partial charge in [-0.15, -0.1) is 0 Å². The smallest absolute Gasteiger partial charge is 0.261 e. The Morgan fingerprint density at radius 2 is 1.59 bits per heavy atom. The third kappa shape index (κ3) is 7.98. The van der Waals surface area contributed by atoms with Gasteiger partial charge in [-0.25, -0.2) is 0 Å². The molecule has 1 fully saturated rings. The highest BCUT2D eigenvalue weighted by Crippen LogP contribution is 2.25. The van der Waals surface area contributed by atoms with E-state index in [2.05, 4.69) is 5.32 Å². The average molecular weight is 540 g/mol. The first-order chi connectivity index (χ1) is 18.0. The van der Waals surface area contributed by atoms with Crippen molar-refractivity contribution in [1.29, 1.82) is 0 Å². The van der Waals surface area contributed by atoms with Crippen LogP contribution < -0.4 is 10.1 Å². The molecule has 4 rings (SSSR count). The highest BCUT2D eigenvalue weighted by Gasteiger charge is 2.32. The summed E-state index contributed by atoms with van der Waals surface area (Å²) in [6.07, 6.45) is 5.68. The Labute approximate surface area is 228 Å². The summed E-state index contributed by atoms with van der Waals surface area (Å²) in [5.41, 5.74) is 1.68. The van der Waals surface area contributed by atoms with Crippen molar-refractivity contribution in [3.05, 3.63) is 100 Å². The zero-order valence-corrected chi connectivity index (χ0v) is 22.3. The summed E-state index contributed by atoms with van der Waals surface area (Å²) in [6.45, 7) is -0.0419. The zero-order chi connectivity index (χ0) is 26.0. The molecule has 5 nitrogen and oxygen atoms in total. The lowest BCUT2D eigenvalue weighted by atomic mass is 9.94. The van der Waals surface area contributed by atoms with Crippen LogP contribution in [0.25, 0.3) is 0 Å². The topological polar surface area (TPSA) is 58.6 Å². The summed E-state index contributed by atoms with van der Waals surface area (Å²) in [4.78, 5) is 29.0. The van der Waals surface area contributed by atoms with Gasteiger partial charge in [0.05, 0.1) is 0 Å². The van der Waals surface area contributed by atoms with E-state index in [0.717, 1.165) is 31.2 Å². The summed E-state index contributed by atoms with van der Waals surface area (Å²) in [5, 5.41) is 4.18. The number of halogens is 2. The van der Waals surface area contributed by atoms with E-state index < -0.39 is 6.04 Å². The monoisotopic (exact) mass is 538 g/mol. The predicted molar refractivity (Wildman–Crippen MR) is 148 cm³/mol. The van der Waals surface area contributed by atoms with Crippen LogP contribution >= 0.6 is 23.2 Å². The maximum Gasteiger partial charge on any atom is 0.261 e. The van der Waals surface area contributed by atoms with Gasteiger partial charge < -0.3 is 15.0 Å². The van der Waals surface area contributed by atoms with Crippen molar-refractivity contribution in [1.82, 2.24) is 10.2 Å². The molecule has 2 amide bonds. The minimum atomic E-state index is -0.733. The standard InChI is InChI=1S/C30H32Cl2N2O3/c31-24-17-16-23(27(32)19-24)20-34(29(35)21-37-26-14-8-3-9-15-26)28(18-22-10-4-1-5-11-22)30(36)33-25-12-6-2-7-13-25/h1,3-5,8-11,14-17,19,25,28H,2,6-7,12-13,18,20-21H2,(H,33,36). The lowest BCUT2D eigenvalue weighted by Gasteiger charge is -2.33. The predicted octanol–water partition coefficient (Wildman–Crippen LogP) is 6.46. The Balaban J connectivity index is 1.63. The normalized spacial score (nSPS) is 14.5. The van der Waals surface area contributed by atoms with Crippen molar-refractivity contribution in [2.45, 2.75) is 57.2 Å². The number of hydrogen-bond acceptors (Lipinski definition) is 3. The molecule has 3 aromatic carbocycles. The molecule has 0 aliphatic heterocycles. The zero-order valence-electron chi connectivity index (χ0n) is 20.7. The molecule has 0 heterocycles. The summed E-state index contributed by atoms with van der Waals surface area (Å²) < 4.78 is 5.79. The molecule has 3 aromatic rings. The lowest BCUT2D eigenvalue weighted by Crippen LogP contribution is -2.53. The van der Waals surface area contributed by atoms with Gasteiger partial charge in [-0.2, -0.15) is 0 Å². The lowest BCUT2D eigenvalue weighted by molar-refractivity contribution is -0.143. The Kier molecular flexibility index (Phi) is 9.86. The third-order valence-electron chi connectivity index (χ3n) is 6.68. The molecule has 1 aliphatic rings. The van der Waals surface area contributed by atoms with E-state index in [-0.39, 0.29) is 31.0 Å². The van der Waals surface area contributed by atoms with E-state index in [9.17, 15) is 9.59 Å². The van der Waals surface area contributed by atoms with E-state index in [4.69, 9.17) is 27.9 Å². The molecule has 1 unspecified atom stereocenters. The molecule has 0 bridgehead atoms. The molecule has 1 atom stereocenters. The highest BCUT2D eigenvalue weighted by molar-refractivity contribution is 6.35. The first-order valence-corrected chi connectivity index (χ1v) is 13.5. The van der Waals surface area contributed by atoms with Crippen LogP contribution in [0.5, 0.6) is 5.75 Å². The van der Waals surface area contributed by atoms with Gasteiger partial charge in [-0.05, 0) is 48.2 Å². The molecule has 0 radical (unpaired) electrons. The van der Waals surface area contributed by atoms with E-state index in [0.29, 0.717) is 27.8 Å². The number of hydrogen-bond donors (Lipinski definition) is 1. The molecule has 1 saturated carbocycles. The first kappa shape index (κ1) is 27.0. The number of ether oxygens (including phenoxy) is 1. The minimum absolute atomic E-state index is 0.121.